The molecular weight excluding hydrogens is 290 g/mol. The molecule has 0 aliphatic rings. The van der Waals surface area contributed by atoms with Crippen LogP contribution in [-0.2, 0) is 0 Å². The summed E-state index contributed by atoms with van der Waals surface area (Å²) in [6.45, 7) is 3.97. The van der Waals surface area contributed by atoms with E-state index in [0.29, 0.717) is 0 Å². The maximum Gasteiger partial charge on any atom is 0.201 e. The standard InChI is InChI=1S/C20H18N.ClH/c1-2-20(19-11-7-4-8-12-19)21-15-13-18(14-16-21)17-9-5-3-6-10-17;/h2-16,20H,1H2;1H/q+1;/p-1. The van der Waals surface area contributed by atoms with Gasteiger partial charge in [0, 0.05) is 17.7 Å². The molecule has 3 aromatic rings. The Balaban J connectivity index is 0.00000176. The van der Waals surface area contributed by atoms with Crippen molar-refractivity contribution in [3.8, 4) is 11.1 Å². The molecule has 0 aliphatic heterocycles. The molecule has 1 unspecified atom stereocenters. The molecule has 0 amide bonds. The van der Waals surface area contributed by atoms with Gasteiger partial charge in [0.15, 0.2) is 12.4 Å². The van der Waals surface area contributed by atoms with Gasteiger partial charge in [0.1, 0.15) is 0 Å². The van der Waals surface area contributed by atoms with E-state index in [0.717, 1.165) is 0 Å². The fourth-order valence-electron chi connectivity index (χ4n) is 2.53. The van der Waals surface area contributed by atoms with Gasteiger partial charge in [0.25, 0.3) is 0 Å². The minimum Gasteiger partial charge on any atom is -1.00 e. The summed E-state index contributed by atoms with van der Waals surface area (Å²) in [5, 5.41) is 0. The second-order valence-electron chi connectivity index (χ2n) is 4.99. The van der Waals surface area contributed by atoms with E-state index in [9.17, 15) is 0 Å². The van der Waals surface area contributed by atoms with Crippen molar-refractivity contribution >= 4 is 0 Å². The molecule has 0 saturated heterocycles. The Kier molecular flexibility index (Phi) is 5.51. The lowest BCUT2D eigenvalue weighted by Crippen LogP contribution is -3.00. The summed E-state index contributed by atoms with van der Waals surface area (Å²) in [5.41, 5.74) is 3.70. The average molecular weight is 308 g/mol. The molecule has 1 heterocycles. The maximum absolute atomic E-state index is 3.97. The van der Waals surface area contributed by atoms with Gasteiger partial charge in [-0.15, -0.1) is 0 Å². The molecule has 0 bridgehead atoms. The molecule has 2 aromatic carbocycles. The Labute approximate surface area is 138 Å². The first-order valence-corrected chi connectivity index (χ1v) is 7.12. The van der Waals surface area contributed by atoms with Gasteiger partial charge >= 0.3 is 0 Å². The van der Waals surface area contributed by atoms with Gasteiger partial charge in [0.2, 0.25) is 6.04 Å². The number of benzene rings is 2. The van der Waals surface area contributed by atoms with E-state index in [-0.39, 0.29) is 18.4 Å². The zero-order chi connectivity index (χ0) is 14.5. The van der Waals surface area contributed by atoms with Crippen molar-refractivity contribution in [3.63, 3.8) is 0 Å². The summed E-state index contributed by atoms with van der Waals surface area (Å²) in [6.07, 6.45) is 6.20. The lowest BCUT2D eigenvalue weighted by atomic mass is 10.1. The normalized spacial score (nSPS) is 11.3. The molecule has 1 atom stereocenters. The van der Waals surface area contributed by atoms with Crippen molar-refractivity contribution in [2.24, 2.45) is 0 Å². The fourth-order valence-corrected chi connectivity index (χ4v) is 2.53. The Morgan fingerprint density at radius 1 is 0.727 bits per heavy atom. The average Bonchev–Trinajstić information content (AvgIpc) is 2.58. The monoisotopic (exact) mass is 307 g/mol. The largest absolute Gasteiger partial charge is 1.00 e. The number of pyridine rings is 1. The van der Waals surface area contributed by atoms with Crippen LogP contribution < -0.4 is 17.0 Å². The summed E-state index contributed by atoms with van der Waals surface area (Å²) in [4.78, 5) is 0. The van der Waals surface area contributed by atoms with Gasteiger partial charge in [-0.25, -0.2) is 0 Å². The third kappa shape index (κ3) is 3.44. The summed E-state index contributed by atoms with van der Waals surface area (Å²) in [6, 6.07) is 25.3. The highest BCUT2D eigenvalue weighted by Gasteiger charge is 2.16. The second kappa shape index (κ2) is 7.58. The van der Waals surface area contributed by atoms with E-state index in [2.05, 4.69) is 84.2 Å². The SMILES string of the molecule is C=CC(c1ccccc1)[n+]1ccc(-c2ccccc2)cc1.[Cl-]. The van der Waals surface area contributed by atoms with Crippen molar-refractivity contribution in [1.82, 2.24) is 0 Å². The third-order valence-corrected chi connectivity index (χ3v) is 3.65. The summed E-state index contributed by atoms with van der Waals surface area (Å²) in [5.74, 6) is 0. The van der Waals surface area contributed by atoms with Gasteiger partial charge in [-0.3, -0.25) is 0 Å². The van der Waals surface area contributed by atoms with Crippen molar-refractivity contribution in [2.75, 3.05) is 0 Å². The van der Waals surface area contributed by atoms with Gasteiger partial charge in [-0.05, 0) is 17.2 Å². The summed E-state index contributed by atoms with van der Waals surface area (Å²) < 4.78 is 2.18. The zero-order valence-corrected chi connectivity index (χ0v) is 13.0. The first kappa shape index (κ1) is 16.0. The van der Waals surface area contributed by atoms with Crippen LogP contribution in [-0.4, -0.2) is 0 Å². The van der Waals surface area contributed by atoms with E-state index in [1.165, 1.54) is 16.7 Å². The van der Waals surface area contributed by atoms with Crippen LogP contribution in [0.2, 0.25) is 0 Å². The molecule has 0 radical (unpaired) electrons. The zero-order valence-electron chi connectivity index (χ0n) is 12.3. The van der Waals surface area contributed by atoms with Gasteiger partial charge < -0.3 is 12.4 Å². The van der Waals surface area contributed by atoms with Crippen LogP contribution >= 0.6 is 0 Å². The number of allylic oxidation sites excluding steroid dienone is 1. The molecular formula is C20H18ClN. The minimum absolute atomic E-state index is 0. The molecule has 0 aliphatic carbocycles. The molecule has 0 N–H and O–H groups in total. The van der Waals surface area contributed by atoms with Crippen LogP contribution in [0.1, 0.15) is 11.6 Å². The van der Waals surface area contributed by atoms with Crippen LogP contribution in [0.5, 0.6) is 0 Å². The molecule has 110 valence electrons. The van der Waals surface area contributed by atoms with Crippen LogP contribution in [0.25, 0.3) is 11.1 Å². The number of hydrogen-bond acceptors (Lipinski definition) is 0. The molecule has 2 heteroatoms. The van der Waals surface area contributed by atoms with Crippen LogP contribution in [0.4, 0.5) is 0 Å². The molecule has 0 saturated carbocycles. The Morgan fingerprint density at radius 2 is 1.23 bits per heavy atom. The van der Waals surface area contributed by atoms with E-state index < -0.39 is 0 Å². The molecule has 22 heavy (non-hydrogen) atoms. The highest BCUT2D eigenvalue weighted by molar-refractivity contribution is 5.61. The van der Waals surface area contributed by atoms with Crippen molar-refractivity contribution in [1.29, 1.82) is 0 Å². The Bertz CT molecular complexity index is 706. The molecule has 1 nitrogen and oxygen atoms in total. The number of rotatable bonds is 4. The molecule has 1 aromatic heterocycles. The quantitative estimate of drug-likeness (QED) is 0.507. The lowest BCUT2D eigenvalue weighted by Gasteiger charge is -2.09. The Morgan fingerprint density at radius 3 is 1.77 bits per heavy atom. The number of aromatic nitrogens is 1. The van der Waals surface area contributed by atoms with Crippen molar-refractivity contribution < 1.29 is 17.0 Å². The Hall–Kier alpha value is -2.38. The molecule has 0 spiro atoms. The van der Waals surface area contributed by atoms with Gasteiger partial charge in [-0.1, -0.05) is 67.2 Å². The molecule has 0 fully saturated rings. The van der Waals surface area contributed by atoms with Gasteiger partial charge in [-0.2, -0.15) is 4.57 Å². The smallest absolute Gasteiger partial charge is 0.201 e. The third-order valence-electron chi connectivity index (χ3n) is 3.65. The minimum atomic E-state index is 0. The lowest BCUT2D eigenvalue weighted by molar-refractivity contribution is -0.703. The van der Waals surface area contributed by atoms with E-state index in [1.807, 2.05) is 18.2 Å². The first-order valence-electron chi connectivity index (χ1n) is 7.12. The highest BCUT2D eigenvalue weighted by atomic mass is 35.5. The van der Waals surface area contributed by atoms with Crippen LogP contribution in [0, 0.1) is 0 Å². The predicted molar refractivity (Wildman–Crippen MR) is 86.9 cm³/mol. The highest BCUT2D eigenvalue weighted by Crippen LogP contribution is 2.18. The van der Waals surface area contributed by atoms with Crippen molar-refractivity contribution in [3.05, 3.63) is 103 Å². The summed E-state index contributed by atoms with van der Waals surface area (Å²) in [7, 11) is 0. The number of nitrogens with zero attached hydrogens (tertiary/aromatic N) is 1. The fraction of sp³-hybridized carbons (Fsp3) is 0.0500. The van der Waals surface area contributed by atoms with Crippen LogP contribution in [0.15, 0.2) is 97.8 Å². The van der Waals surface area contributed by atoms with E-state index in [4.69, 9.17) is 0 Å². The van der Waals surface area contributed by atoms with Crippen LogP contribution in [0.3, 0.4) is 0 Å². The van der Waals surface area contributed by atoms with E-state index >= 15 is 0 Å². The topological polar surface area (TPSA) is 3.88 Å². The number of halogens is 1. The second-order valence-corrected chi connectivity index (χ2v) is 4.99. The van der Waals surface area contributed by atoms with Gasteiger partial charge in [0.05, 0.1) is 0 Å². The predicted octanol–water partition coefficient (Wildman–Crippen LogP) is 1.42. The first-order chi connectivity index (χ1) is 10.4. The summed E-state index contributed by atoms with van der Waals surface area (Å²) >= 11 is 0. The number of hydrogen-bond donors (Lipinski definition) is 0. The maximum atomic E-state index is 3.97. The van der Waals surface area contributed by atoms with E-state index in [1.54, 1.807) is 0 Å². The van der Waals surface area contributed by atoms with Crippen molar-refractivity contribution in [2.45, 2.75) is 6.04 Å². The molecule has 3 rings (SSSR count).